The first-order valence-corrected chi connectivity index (χ1v) is 6.24. The minimum atomic E-state index is -0.0462. The van der Waals surface area contributed by atoms with Crippen LogP contribution in [0.3, 0.4) is 0 Å². The third-order valence-electron chi connectivity index (χ3n) is 2.28. The summed E-state index contributed by atoms with van der Waals surface area (Å²) in [6, 6.07) is 0. The summed E-state index contributed by atoms with van der Waals surface area (Å²) in [4.78, 5) is 11.2. The highest BCUT2D eigenvalue weighted by Gasteiger charge is 2.01. The van der Waals surface area contributed by atoms with E-state index in [-0.39, 0.29) is 5.97 Å². The van der Waals surface area contributed by atoms with E-state index < -0.39 is 0 Å². The van der Waals surface area contributed by atoms with E-state index in [1.54, 1.807) is 6.08 Å². The van der Waals surface area contributed by atoms with E-state index >= 15 is 0 Å². The Morgan fingerprint density at radius 3 is 2.75 bits per heavy atom. The van der Waals surface area contributed by atoms with E-state index in [9.17, 15) is 4.79 Å². The van der Waals surface area contributed by atoms with Crippen molar-refractivity contribution in [1.29, 1.82) is 0 Å². The van der Waals surface area contributed by atoms with Gasteiger partial charge in [-0.15, -0.1) is 0 Å². The van der Waals surface area contributed by atoms with Crippen molar-refractivity contribution in [1.82, 2.24) is 0 Å². The number of allylic oxidation sites excluding steroid dienone is 3. The molecule has 0 heterocycles. The predicted octanol–water partition coefficient (Wildman–Crippen LogP) is 4.02. The Morgan fingerprint density at radius 1 is 1.25 bits per heavy atom. The molecule has 0 rings (SSSR count). The van der Waals surface area contributed by atoms with Gasteiger partial charge < -0.3 is 4.74 Å². The van der Waals surface area contributed by atoms with Crippen LogP contribution in [0.4, 0.5) is 0 Å². The third kappa shape index (κ3) is 11.0. The maximum absolute atomic E-state index is 11.2. The van der Waals surface area contributed by atoms with Crippen LogP contribution in [0.1, 0.15) is 51.9 Å². The molecule has 2 nitrogen and oxygen atoms in total. The molecule has 2 heteroatoms. The first kappa shape index (κ1) is 14.9. The smallest absolute Gasteiger partial charge is 0.305 e. The first-order valence-electron chi connectivity index (χ1n) is 6.24. The highest BCUT2D eigenvalue weighted by molar-refractivity contribution is 5.69. The molecule has 0 amide bonds. The molecular formula is C14H24O2. The van der Waals surface area contributed by atoms with Gasteiger partial charge in [-0.3, -0.25) is 4.79 Å². The highest BCUT2D eigenvalue weighted by Crippen LogP contribution is 2.05. The second-order valence-corrected chi connectivity index (χ2v) is 3.84. The second-order valence-electron chi connectivity index (χ2n) is 3.84. The first-order chi connectivity index (χ1) is 7.81. The van der Waals surface area contributed by atoms with Crippen molar-refractivity contribution in [2.45, 2.75) is 51.9 Å². The van der Waals surface area contributed by atoms with E-state index in [1.165, 1.54) is 0 Å². The number of rotatable bonds is 10. The average molecular weight is 224 g/mol. The van der Waals surface area contributed by atoms with Gasteiger partial charge in [0.25, 0.3) is 0 Å². The van der Waals surface area contributed by atoms with Crippen LogP contribution in [-0.4, -0.2) is 12.6 Å². The lowest BCUT2D eigenvalue weighted by Crippen LogP contribution is -2.05. The fourth-order valence-corrected chi connectivity index (χ4v) is 1.30. The van der Waals surface area contributed by atoms with Crippen molar-refractivity contribution in [3.05, 3.63) is 24.8 Å². The van der Waals surface area contributed by atoms with Crippen LogP contribution >= 0.6 is 0 Å². The predicted molar refractivity (Wildman–Crippen MR) is 68.3 cm³/mol. The van der Waals surface area contributed by atoms with E-state index in [1.807, 2.05) is 6.08 Å². The molecule has 0 aromatic carbocycles. The average Bonchev–Trinajstić information content (AvgIpc) is 2.28. The summed E-state index contributed by atoms with van der Waals surface area (Å²) >= 11 is 0. The van der Waals surface area contributed by atoms with Crippen molar-refractivity contribution in [3.63, 3.8) is 0 Å². The van der Waals surface area contributed by atoms with Crippen LogP contribution < -0.4 is 0 Å². The minimum absolute atomic E-state index is 0.0462. The van der Waals surface area contributed by atoms with Crippen molar-refractivity contribution in [3.8, 4) is 0 Å². The van der Waals surface area contributed by atoms with Gasteiger partial charge in [-0.25, -0.2) is 0 Å². The molecule has 16 heavy (non-hydrogen) atoms. The Hall–Kier alpha value is -1.05. The molecule has 0 saturated carbocycles. The zero-order valence-corrected chi connectivity index (χ0v) is 10.4. The molecule has 0 fully saturated rings. The van der Waals surface area contributed by atoms with Gasteiger partial charge in [0.2, 0.25) is 0 Å². The van der Waals surface area contributed by atoms with Crippen LogP contribution in [0.2, 0.25) is 0 Å². The molecule has 0 aromatic rings. The van der Waals surface area contributed by atoms with Crippen LogP contribution in [0.25, 0.3) is 0 Å². The molecule has 0 spiro atoms. The van der Waals surface area contributed by atoms with Crippen LogP contribution in [0, 0.1) is 0 Å². The zero-order chi connectivity index (χ0) is 12.1. The minimum Gasteiger partial charge on any atom is -0.466 e. The molecule has 92 valence electrons. The summed E-state index contributed by atoms with van der Waals surface area (Å²) in [6.07, 6.45) is 12.7. The Labute approximate surface area is 99.4 Å². The number of hydrogen-bond donors (Lipinski definition) is 0. The zero-order valence-electron chi connectivity index (χ0n) is 10.4. The molecular weight excluding hydrogens is 200 g/mol. The maximum Gasteiger partial charge on any atom is 0.305 e. The van der Waals surface area contributed by atoms with Gasteiger partial charge >= 0.3 is 5.97 Å². The summed E-state index contributed by atoms with van der Waals surface area (Å²) in [5, 5.41) is 0. The maximum atomic E-state index is 11.2. The Morgan fingerprint density at radius 2 is 2.06 bits per heavy atom. The Bertz CT molecular complexity index is 207. The van der Waals surface area contributed by atoms with Gasteiger partial charge in [0.05, 0.1) is 6.61 Å². The lowest BCUT2D eigenvalue weighted by molar-refractivity contribution is -0.143. The highest BCUT2D eigenvalue weighted by atomic mass is 16.5. The summed E-state index contributed by atoms with van der Waals surface area (Å²) in [7, 11) is 0. The quantitative estimate of drug-likeness (QED) is 0.318. The molecule has 0 bridgehead atoms. The molecule has 0 N–H and O–H groups in total. The lowest BCUT2D eigenvalue weighted by atomic mass is 10.1. The van der Waals surface area contributed by atoms with Gasteiger partial charge in [-0.1, -0.05) is 44.6 Å². The monoisotopic (exact) mass is 224 g/mol. The van der Waals surface area contributed by atoms with Gasteiger partial charge in [0.15, 0.2) is 0 Å². The topological polar surface area (TPSA) is 26.3 Å². The summed E-state index contributed by atoms with van der Waals surface area (Å²) < 4.78 is 5.06. The number of hydrogen-bond acceptors (Lipinski definition) is 2. The molecule has 0 aliphatic heterocycles. The largest absolute Gasteiger partial charge is 0.466 e. The number of esters is 1. The SMILES string of the molecule is C=C/C=C/CCCCCC(=O)OCCCC. The van der Waals surface area contributed by atoms with E-state index in [4.69, 9.17) is 4.74 Å². The van der Waals surface area contributed by atoms with Crippen LogP contribution in [0.5, 0.6) is 0 Å². The number of carbonyl (C=O) groups is 1. The van der Waals surface area contributed by atoms with Crippen LogP contribution in [0.15, 0.2) is 24.8 Å². The molecule has 0 atom stereocenters. The number of ether oxygens (including phenoxy) is 1. The normalized spacial score (nSPS) is 10.6. The standard InChI is InChI=1S/C14H24O2/c1-3-5-7-8-9-10-11-12-14(15)16-13-6-4-2/h3,5,7H,1,4,6,8-13H2,2H3/b7-5+. The lowest BCUT2D eigenvalue weighted by Gasteiger charge is -2.03. The van der Waals surface area contributed by atoms with Crippen molar-refractivity contribution in [2.75, 3.05) is 6.61 Å². The van der Waals surface area contributed by atoms with Crippen molar-refractivity contribution < 1.29 is 9.53 Å². The Kier molecular flexibility index (Phi) is 11.2. The van der Waals surface area contributed by atoms with E-state index in [2.05, 4.69) is 19.6 Å². The molecule has 0 aliphatic carbocycles. The molecule has 0 radical (unpaired) electrons. The molecule has 0 saturated heterocycles. The fraction of sp³-hybridized carbons (Fsp3) is 0.643. The molecule has 0 aliphatic rings. The second kappa shape index (κ2) is 12.0. The van der Waals surface area contributed by atoms with Gasteiger partial charge in [0, 0.05) is 6.42 Å². The van der Waals surface area contributed by atoms with Crippen molar-refractivity contribution >= 4 is 5.97 Å². The molecule has 0 aromatic heterocycles. The van der Waals surface area contributed by atoms with Crippen LogP contribution in [-0.2, 0) is 9.53 Å². The van der Waals surface area contributed by atoms with Gasteiger partial charge in [-0.2, -0.15) is 0 Å². The summed E-state index contributed by atoms with van der Waals surface area (Å²) in [6.45, 7) is 6.27. The Balaban J connectivity index is 3.21. The summed E-state index contributed by atoms with van der Waals surface area (Å²) in [5.41, 5.74) is 0. The number of carbonyl (C=O) groups excluding carboxylic acids is 1. The number of unbranched alkanes of at least 4 members (excludes halogenated alkanes) is 4. The van der Waals surface area contributed by atoms with Gasteiger partial charge in [-0.05, 0) is 25.7 Å². The fourth-order valence-electron chi connectivity index (χ4n) is 1.30. The molecule has 0 unspecified atom stereocenters. The summed E-state index contributed by atoms with van der Waals surface area (Å²) in [5.74, 6) is -0.0462. The van der Waals surface area contributed by atoms with Gasteiger partial charge in [0.1, 0.15) is 0 Å². The van der Waals surface area contributed by atoms with E-state index in [0.29, 0.717) is 13.0 Å². The van der Waals surface area contributed by atoms with Crippen molar-refractivity contribution in [2.24, 2.45) is 0 Å². The third-order valence-corrected chi connectivity index (χ3v) is 2.28. The van der Waals surface area contributed by atoms with E-state index in [0.717, 1.165) is 38.5 Å².